The van der Waals surface area contributed by atoms with Crippen LogP contribution in [-0.4, -0.2) is 0 Å². The Morgan fingerprint density at radius 2 is 1.89 bits per heavy atom. The smallest absolute Gasteiger partial charge is 0.147 e. The highest BCUT2D eigenvalue weighted by molar-refractivity contribution is 6.34. The van der Waals surface area contributed by atoms with Crippen LogP contribution >= 0.6 is 23.2 Å². The summed E-state index contributed by atoms with van der Waals surface area (Å²) in [6.07, 6.45) is 0. The van der Waals surface area contributed by atoms with Gasteiger partial charge < -0.3 is 10.5 Å². The first-order chi connectivity index (χ1) is 8.56. The molecule has 2 nitrogen and oxygen atoms in total. The molecule has 2 aromatic rings. The Labute approximate surface area is 116 Å². The molecule has 0 aromatic heterocycles. The molecule has 0 saturated carbocycles. The summed E-state index contributed by atoms with van der Waals surface area (Å²) in [6, 6.07) is 12.7. The van der Waals surface area contributed by atoms with Crippen molar-refractivity contribution < 1.29 is 4.74 Å². The van der Waals surface area contributed by atoms with E-state index in [1.54, 1.807) is 18.2 Å². The molecule has 0 bridgehead atoms. The zero-order chi connectivity index (χ0) is 13.1. The van der Waals surface area contributed by atoms with E-state index in [1.807, 2.05) is 31.2 Å². The molecule has 0 saturated heterocycles. The summed E-state index contributed by atoms with van der Waals surface area (Å²) in [6.45, 7) is 1.92. The van der Waals surface area contributed by atoms with Gasteiger partial charge >= 0.3 is 0 Å². The Bertz CT molecular complexity index is 555. The summed E-state index contributed by atoms with van der Waals surface area (Å²) in [5.41, 5.74) is 6.83. The summed E-state index contributed by atoms with van der Waals surface area (Å²) in [7, 11) is 0. The summed E-state index contributed by atoms with van der Waals surface area (Å²) in [4.78, 5) is 0. The molecular formula is C14H13Cl2NO. The molecule has 18 heavy (non-hydrogen) atoms. The maximum Gasteiger partial charge on any atom is 0.147 e. The highest BCUT2D eigenvalue weighted by Gasteiger charge is 2.06. The lowest BCUT2D eigenvalue weighted by molar-refractivity contribution is 0.481. The van der Waals surface area contributed by atoms with E-state index >= 15 is 0 Å². The van der Waals surface area contributed by atoms with Crippen LogP contribution < -0.4 is 10.5 Å². The van der Waals surface area contributed by atoms with Crippen LogP contribution in [0, 0.1) is 0 Å². The van der Waals surface area contributed by atoms with Crippen LogP contribution in [-0.2, 0) is 0 Å². The molecule has 0 fully saturated rings. The predicted molar refractivity (Wildman–Crippen MR) is 75.6 cm³/mol. The molecule has 0 aliphatic carbocycles. The number of nitrogens with two attached hydrogens (primary N) is 1. The third-order valence-corrected chi connectivity index (χ3v) is 3.05. The second-order valence-electron chi connectivity index (χ2n) is 4.04. The SMILES string of the molecule is CC(N)c1cccc(Oc2cc(Cl)ccc2Cl)c1. The first kappa shape index (κ1) is 13.2. The van der Waals surface area contributed by atoms with Gasteiger partial charge in [-0.15, -0.1) is 0 Å². The average molecular weight is 282 g/mol. The van der Waals surface area contributed by atoms with Crippen LogP contribution in [0.1, 0.15) is 18.5 Å². The van der Waals surface area contributed by atoms with Crippen LogP contribution in [0.15, 0.2) is 42.5 Å². The number of hydrogen-bond acceptors (Lipinski definition) is 2. The standard InChI is InChI=1S/C14H13Cl2NO/c1-9(17)10-3-2-4-12(7-10)18-14-8-11(15)5-6-13(14)16/h2-9H,17H2,1H3. The van der Waals surface area contributed by atoms with Gasteiger partial charge in [-0.05, 0) is 36.8 Å². The Morgan fingerprint density at radius 3 is 2.61 bits per heavy atom. The fourth-order valence-corrected chi connectivity index (χ4v) is 1.86. The van der Waals surface area contributed by atoms with Gasteiger partial charge in [0.15, 0.2) is 0 Å². The number of hydrogen-bond donors (Lipinski definition) is 1. The highest BCUT2D eigenvalue weighted by Crippen LogP contribution is 2.32. The van der Waals surface area contributed by atoms with Crippen LogP contribution in [0.2, 0.25) is 10.0 Å². The lowest BCUT2D eigenvalue weighted by atomic mass is 10.1. The first-order valence-corrected chi connectivity index (χ1v) is 6.30. The molecule has 1 atom stereocenters. The highest BCUT2D eigenvalue weighted by atomic mass is 35.5. The van der Waals surface area contributed by atoms with E-state index in [0.717, 1.165) is 5.56 Å². The van der Waals surface area contributed by atoms with Crippen molar-refractivity contribution in [3.05, 3.63) is 58.1 Å². The molecule has 1 unspecified atom stereocenters. The second kappa shape index (κ2) is 5.61. The van der Waals surface area contributed by atoms with Gasteiger partial charge in [0, 0.05) is 17.1 Å². The fourth-order valence-electron chi connectivity index (χ4n) is 1.54. The summed E-state index contributed by atoms with van der Waals surface area (Å²) in [5, 5.41) is 1.10. The Morgan fingerprint density at radius 1 is 1.11 bits per heavy atom. The van der Waals surface area contributed by atoms with Gasteiger partial charge in [0.05, 0.1) is 5.02 Å². The van der Waals surface area contributed by atoms with E-state index in [2.05, 4.69) is 0 Å². The van der Waals surface area contributed by atoms with Gasteiger partial charge in [-0.1, -0.05) is 35.3 Å². The molecule has 0 aliphatic rings. The van der Waals surface area contributed by atoms with E-state index < -0.39 is 0 Å². The minimum Gasteiger partial charge on any atom is -0.456 e. The maximum atomic E-state index is 6.04. The van der Waals surface area contributed by atoms with Crippen LogP contribution in [0.3, 0.4) is 0 Å². The van der Waals surface area contributed by atoms with Crippen molar-refractivity contribution in [1.82, 2.24) is 0 Å². The summed E-state index contributed by atoms with van der Waals surface area (Å²) >= 11 is 11.9. The molecule has 0 radical (unpaired) electrons. The molecule has 0 heterocycles. The number of halogens is 2. The van der Waals surface area contributed by atoms with Crippen LogP contribution in [0.5, 0.6) is 11.5 Å². The minimum absolute atomic E-state index is 0.0385. The Balaban J connectivity index is 2.28. The largest absolute Gasteiger partial charge is 0.456 e. The summed E-state index contributed by atoms with van der Waals surface area (Å²) < 4.78 is 5.71. The van der Waals surface area contributed by atoms with Gasteiger partial charge in [0.2, 0.25) is 0 Å². The van der Waals surface area contributed by atoms with Gasteiger partial charge in [-0.25, -0.2) is 0 Å². The van der Waals surface area contributed by atoms with Gasteiger partial charge in [0.1, 0.15) is 11.5 Å². The maximum absolute atomic E-state index is 6.04. The molecule has 0 spiro atoms. The van der Waals surface area contributed by atoms with Gasteiger partial charge in [0.25, 0.3) is 0 Å². The van der Waals surface area contributed by atoms with E-state index in [1.165, 1.54) is 0 Å². The van der Waals surface area contributed by atoms with Crippen molar-refractivity contribution in [3.63, 3.8) is 0 Å². The molecule has 2 N–H and O–H groups in total. The van der Waals surface area contributed by atoms with Crippen molar-refractivity contribution in [2.75, 3.05) is 0 Å². The number of rotatable bonds is 3. The predicted octanol–water partition coefficient (Wildman–Crippen LogP) is 4.81. The molecule has 94 valence electrons. The lowest BCUT2D eigenvalue weighted by Gasteiger charge is -2.11. The van der Waals surface area contributed by atoms with Gasteiger partial charge in [-0.3, -0.25) is 0 Å². The first-order valence-electron chi connectivity index (χ1n) is 5.54. The molecule has 0 amide bonds. The third-order valence-electron chi connectivity index (χ3n) is 2.50. The van der Waals surface area contributed by atoms with Crippen LogP contribution in [0.25, 0.3) is 0 Å². The molecule has 2 rings (SSSR count). The number of ether oxygens (including phenoxy) is 1. The monoisotopic (exact) mass is 281 g/mol. The van der Waals surface area contributed by atoms with Crippen molar-refractivity contribution >= 4 is 23.2 Å². The second-order valence-corrected chi connectivity index (χ2v) is 4.88. The number of benzene rings is 2. The topological polar surface area (TPSA) is 35.2 Å². The van der Waals surface area contributed by atoms with E-state index in [0.29, 0.717) is 21.5 Å². The lowest BCUT2D eigenvalue weighted by Crippen LogP contribution is -2.04. The molecule has 4 heteroatoms. The normalized spacial score (nSPS) is 12.2. The Kier molecular flexibility index (Phi) is 4.12. The quantitative estimate of drug-likeness (QED) is 0.877. The van der Waals surface area contributed by atoms with E-state index in [4.69, 9.17) is 33.7 Å². The van der Waals surface area contributed by atoms with Crippen molar-refractivity contribution in [3.8, 4) is 11.5 Å². The summed E-state index contributed by atoms with van der Waals surface area (Å²) in [5.74, 6) is 1.22. The third kappa shape index (κ3) is 3.16. The Hall–Kier alpha value is -1.22. The van der Waals surface area contributed by atoms with Crippen LogP contribution in [0.4, 0.5) is 0 Å². The van der Waals surface area contributed by atoms with Crippen molar-refractivity contribution in [1.29, 1.82) is 0 Å². The zero-order valence-corrected chi connectivity index (χ0v) is 11.4. The fraction of sp³-hybridized carbons (Fsp3) is 0.143. The average Bonchev–Trinajstić information content (AvgIpc) is 2.34. The molecule has 0 aliphatic heterocycles. The van der Waals surface area contributed by atoms with E-state index in [9.17, 15) is 0 Å². The van der Waals surface area contributed by atoms with E-state index in [-0.39, 0.29) is 6.04 Å². The van der Waals surface area contributed by atoms with Gasteiger partial charge in [-0.2, -0.15) is 0 Å². The van der Waals surface area contributed by atoms with Crippen molar-refractivity contribution in [2.45, 2.75) is 13.0 Å². The minimum atomic E-state index is -0.0385. The zero-order valence-electron chi connectivity index (χ0n) is 9.86. The van der Waals surface area contributed by atoms with Crippen molar-refractivity contribution in [2.24, 2.45) is 5.73 Å². The molecule has 2 aromatic carbocycles. The molecular weight excluding hydrogens is 269 g/mol.